The maximum absolute atomic E-state index is 11.5. The first-order chi connectivity index (χ1) is 8.41. The zero-order chi connectivity index (χ0) is 13.7. The van der Waals surface area contributed by atoms with E-state index in [9.17, 15) is 14.4 Å². The number of amides is 4. The third-order valence-electron chi connectivity index (χ3n) is 2.16. The molecule has 18 heavy (non-hydrogen) atoms. The van der Waals surface area contributed by atoms with Gasteiger partial charge in [0.1, 0.15) is 0 Å². The van der Waals surface area contributed by atoms with E-state index in [2.05, 4.69) is 10.6 Å². The minimum atomic E-state index is -1.51. The predicted octanol–water partition coefficient (Wildman–Crippen LogP) is -0.552. The van der Waals surface area contributed by atoms with Crippen LogP contribution < -0.4 is 22.1 Å². The van der Waals surface area contributed by atoms with E-state index in [0.717, 1.165) is 4.88 Å². The van der Waals surface area contributed by atoms with Crippen molar-refractivity contribution in [2.75, 3.05) is 0 Å². The lowest BCUT2D eigenvalue weighted by Gasteiger charge is -2.16. The minimum Gasteiger partial charge on any atom is -0.367 e. The van der Waals surface area contributed by atoms with Crippen molar-refractivity contribution in [3.63, 3.8) is 0 Å². The third-order valence-corrected chi connectivity index (χ3v) is 3.22. The van der Waals surface area contributed by atoms with Crippen LogP contribution in [0.4, 0.5) is 4.79 Å². The highest BCUT2D eigenvalue weighted by Crippen LogP contribution is 2.17. The van der Waals surface area contributed by atoms with Gasteiger partial charge in [0, 0.05) is 4.88 Å². The van der Waals surface area contributed by atoms with Gasteiger partial charge in [-0.1, -0.05) is 6.07 Å². The van der Waals surface area contributed by atoms with E-state index in [-0.39, 0.29) is 6.04 Å². The fourth-order valence-corrected chi connectivity index (χ4v) is 2.00. The molecule has 0 bridgehead atoms. The van der Waals surface area contributed by atoms with E-state index in [1.807, 2.05) is 17.5 Å². The van der Waals surface area contributed by atoms with Crippen LogP contribution >= 0.6 is 11.3 Å². The molecule has 1 heterocycles. The molecule has 0 fully saturated rings. The summed E-state index contributed by atoms with van der Waals surface area (Å²) >= 11 is 1.48. The van der Waals surface area contributed by atoms with E-state index in [1.165, 1.54) is 11.3 Å². The third kappa shape index (κ3) is 3.74. The van der Waals surface area contributed by atoms with Crippen molar-refractivity contribution in [3.8, 4) is 0 Å². The number of carbonyl (C=O) groups is 3. The van der Waals surface area contributed by atoms with Gasteiger partial charge in [0.25, 0.3) is 0 Å². The van der Waals surface area contributed by atoms with Gasteiger partial charge in [-0.05, 0) is 18.4 Å². The molecule has 4 amide bonds. The van der Waals surface area contributed by atoms with Gasteiger partial charge >= 0.3 is 6.03 Å². The lowest BCUT2D eigenvalue weighted by Crippen LogP contribution is -2.55. The maximum Gasteiger partial charge on any atom is 0.316 e. The Morgan fingerprint density at radius 1 is 1.22 bits per heavy atom. The maximum atomic E-state index is 11.5. The van der Waals surface area contributed by atoms with Crippen LogP contribution in [0.2, 0.25) is 0 Å². The highest BCUT2D eigenvalue weighted by molar-refractivity contribution is 7.10. The second-order valence-electron chi connectivity index (χ2n) is 3.59. The molecule has 0 aliphatic carbocycles. The Kier molecular flexibility index (Phi) is 4.67. The van der Waals surface area contributed by atoms with Gasteiger partial charge in [0.05, 0.1) is 6.04 Å². The van der Waals surface area contributed by atoms with Gasteiger partial charge < -0.3 is 22.1 Å². The number of thiophene rings is 1. The van der Waals surface area contributed by atoms with Crippen LogP contribution in [0, 0.1) is 0 Å². The van der Waals surface area contributed by atoms with Crippen molar-refractivity contribution in [1.29, 1.82) is 0 Å². The van der Waals surface area contributed by atoms with E-state index >= 15 is 0 Å². The summed E-state index contributed by atoms with van der Waals surface area (Å²) in [5.41, 5.74) is 9.86. The summed E-state index contributed by atoms with van der Waals surface area (Å²) in [6.07, 6.45) is 0. The van der Waals surface area contributed by atoms with Crippen LogP contribution in [0.15, 0.2) is 17.5 Å². The van der Waals surface area contributed by atoms with Crippen molar-refractivity contribution >= 4 is 29.2 Å². The molecule has 1 aromatic rings. The Hall–Kier alpha value is -2.09. The molecule has 0 aromatic carbocycles. The lowest BCUT2D eigenvalue weighted by atomic mass is 10.2. The molecule has 1 atom stereocenters. The number of primary amides is 2. The van der Waals surface area contributed by atoms with Crippen molar-refractivity contribution in [3.05, 3.63) is 22.4 Å². The summed E-state index contributed by atoms with van der Waals surface area (Å²) in [4.78, 5) is 34.2. The van der Waals surface area contributed by atoms with E-state index < -0.39 is 23.9 Å². The van der Waals surface area contributed by atoms with E-state index in [1.54, 1.807) is 6.92 Å². The highest BCUT2D eigenvalue weighted by atomic mass is 32.1. The van der Waals surface area contributed by atoms with Crippen LogP contribution in [0.25, 0.3) is 0 Å². The monoisotopic (exact) mass is 270 g/mol. The van der Waals surface area contributed by atoms with E-state index in [4.69, 9.17) is 11.5 Å². The number of carbonyl (C=O) groups excluding carboxylic acids is 3. The van der Waals surface area contributed by atoms with Gasteiger partial charge in [-0.15, -0.1) is 11.3 Å². The van der Waals surface area contributed by atoms with Gasteiger partial charge in [0.15, 0.2) is 6.04 Å². The van der Waals surface area contributed by atoms with Crippen molar-refractivity contribution in [2.45, 2.75) is 19.0 Å². The average Bonchev–Trinajstić information content (AvgIpc) is 2.78. The number of hydrogen-bond donors (Lipinski definition) is 4. The predicted molar refractivity (Wildman–Crippen MR) is 66.6 cm³/mol. The number of nitrogens with one attached hydrogen (secondary N) is 2. The second kappa shape index (κ2) is 6.01. The zero-order valence-corrected chi connectivity index (χ0v) is 10.5. The topological polar surface area (TPSA) is 127 Å². The Morgan fingerprint density at radius 3 is 2.28 bits per heavy atom. The number of hydrogen-bond acceptors (Lipinski definition) is 4. The average molecular weight is 270 g/mol. The molecule has 1 aromatic heterocycles. The molecule has 0 spiro atoms. The second-order valence-corrected chi connectivity index (χ2v) is 4.57. The Bertz CT molecular complexity index is 432. The summed E-state index contributed by atoms with van der Waals surface area (Å²) in [6, 6.07) is 1.27. The molecule has 0 aliphatic heterocycles. The van der Waals surface area contributed by atoms with Crippen LogP contribution in [0.1, 0.15) is 17.8 Å². The SMILES string of the molecule is C[C@@H](NC(=O)NC(C(N)=O)C(N)=O)c1cccs1. The van der Waals surface area contributed by atoms with Gasteiger partial charge in [0.2, 0.25) is 11.8 Å². The van der Waals surface area contributed by atoms with E-state index in [0.29, 0.717) is 0 Å². The van der Waals surface area contributed by atoms with Crippen LogP contribution in [0.3, 0.4) is 0 Å². The fourth-order valence-electron chi connectivity index (χ4n) is 1.26. The summed E-state index contributed by atoms with van der Waals surface area (Å²) in [7, 11) is 0. The van der Waals surface area contributed by atoms with Crippen LogP contribution in [-0.2, 0) is 9.59 Å². The minimum absolute atomic E-state index is 0.244. The lowest BCUT2D eigenvalue weighted by molar-refractivity contribution is -0.128. The first kappa shape index (κ1) is 14.0. The number of rotatable bonds is 5. The van der Waals surface area contributed by atoms with Crippen LogP contribution in [-0.4, -0.2) is 23.9 Å². The molecular weight excluding hydrogens is 256 g/mol. The molecule has 0 radical (unpaired) electrons. The van der Waals surface area contributed by atoms with Crippen molar-refractivity contribution in [1.82, 2.24) is 10.6 Å². The molecular formula is C10H14N4O3S. The summed E-state index contributed by atoms with van der Waals surface area (Å²) in [6.45, 7) is 1.77. The Morgan fingerprint density at radius 2 is 1.83 bits per heavy atom. The largest absolute Gasteiger partial charge is 0.367 e. The molecule has 0 aliphatic rings. The van der Waals surface area contributed by atoms with Gasteiger partial charge in [-0.25, -0.2) is 4.79 Å². The quantitative estimate of drug-likeness (QED) is 0.536. The molecule has 0 saturated carbocycles. The normalized spacial score (nSPS) is 11.9. The molecule has 0 unspecified atom stereocenters. The van der Waals surface area contributed by atoms with Crippen molar-refractivity contribution < 1.29 is 14.4 Å². The summed E-state index contributed by atoms with van der Waals surface area (Å²) in [5.74, 6) is -2.00. The summed E-state index contributed by atoms with van der Waals surface area (Å²) in [5, 5.41) is 6.56. The number of urea groups is 1. The first-order valence-electron chi connectivity index (χ1n) is 5.11. The Labute approximate surface area is 108 Å². The highest BCUT2D eigenvalue weighted by Gasteiger charge is 2.24. The molecule has 0 saturated heterocycles. The zero-order valence-electron chi connectivity index (χ0n) is 9.67. The van der Waals surface area contributed by atoms with Crippen LogP contribution in [0.5, 0.6) is 0 Å². The first-order valence-corrected chi connectivity index (χ1v) is 5.99. The van der Waals surface area contributed by atoms with Crippen molar-refractivity contribution in [2.24, 2.45) is 11.5 Å². The molecule has 98 valence electrons. The number of nitrogens with two attached hydrogens (primary N) is 2. The fraction of sp³-hybridized carbons (Fsp3) is 0.300. The van der Waals surface area contributed by atoms with Gasteiger partial charge in [-0.2, -0.15) is 0 Å². The molecule has 8 heteroatoms. The summed E-state index contributed by atoms with van der Waals surface area (Å²) < 4.78 is 0. The molecule has 6 N–H and O–H groups in total. The molecule has 1 rings (SSSR count). The van der Waals surface area contributed by atoms with Gasteiger partial charge in [-0.3, -0.25) is 9.59 Å². The molecule has 7 nitrogen and oxygen atoms in total. The Balaban J connectivity index is 2.56. The standard InChI is InChI=1S/C10H14N4O3S/c1-5(6-3-2-4-18-6)13-10(17)14-7(8(11)15)9(12)16/h2-5,7H,1H3,(H2,11,15)(H2,12,16)(H2,13,14,17)/t5-/m1/s1. The smallest absolute Gasteiger partial charge is 0.316 e.